The van der Waals surface area contributed by atoms with Crippen LogP contribution in [0.5, 0.6) is 5.75 Å². The van der Waals surface area contributed by atoms with Crippen molar-refractivity contribution < 1.29 is 4.74 Å². The monoisotopic (exact) mass is 261 g/mol. The molecule has 0 saturated carbocycles. The molecule has 106 valence electrons. The summed E-state index contributed by atoms with van der Waals surface area (Å²) in [5.41, 5.74) is 1.40. The third-order valence-corrected chi connectivity index (χ3v) is 4.44. The van der Waals surface area contributed by atoms with Gasteiger partial charge < -0.3 is 10.1 Å². The van der Waals surface area contributed by atoms with Crippen LogP contribution in [0, 0.1) is 5.92 Å². The average molecular weight is 261 g/mol. The molecule has 1 aliphatic rings. The Morgan fingerprint density at radius 2 is 2.16 bits per heavy atom. The van der Waals surface area contributed by atoms with Crippen molar-refractivity contribution >= 4 is 0 Å². The van der Waals surface area contributed by atoms with E-state index in [1.54, 1.807) is 0 Å². The van der Waals surface area contributed by atoms with E-state index in [0.29, 0.717) is 12.0 Å². The Labute approximate surface area is 117 Å². The highest BCUT2D eigenvalue weighted by Gasteiger charge is 2.24. The standard InChI is InChI=1S/C17H27NO/c1-4-13(2)11-15(18-3)12-14-9-10-19-17-8-6-5-7-16(14)17/h5-8,13-15,18H,4,9-12H2,1-3H3. The molecule has 19 heavy (non-hydrogen) atoms. The lowest BCUT2D eigenvalue weighted by Crippen LogP contribution is -2.30. The van der Waals surface area contributed by atoms with Crippen LogP contribution in [0.2, 0.25) is 0 Å². The molecule has 1 aromatic rings. The molecule has 0 saturated heterocycles. The molecule has 0 aromatic heterocycles. The molecule has 1 N–H and O–H groups in total. The van der Waals surface area contributed by atoms with Crippen molar-refractivity contribution in [3.05, 3.63) is 29.8 Å². The summed E-state index contributed by atoms with van der Waals surface area (Å²) in [6.07, 6.45) is 4.91. The molecule has 1 aliphatic heterocycles. The summed E-state index contributed by atoms with van der Waals surface area (Å²) in [4.78, 5) is 0. The van der Waals surface area contributed by atoms with Gasteiger partial charge in [0.15, 0.2) is 0 Å². The Balaban J connectivity index is 2.02. The van der Waals surface area contributed by atoms with Crippen LogP contribution in [-0.4, -0.2) is 19.7 Å². The molecule has 3 atom stereocenters. The summed E-state index contributed by atoms with van der Waals surface area (Å²) in [6.45, 7) is 5.49. The molecule has 2 nitrogen and oxygen atoms in total. The Morgan fingerprint density at radius 3 is 2.89 bits per heavy atom. The summed E-state index contributed by atoms with van der Waals surface area (Å²) in [5, 5.41) is 3.50. The minimum atomic E-state index is 0.617. The van der Waals surface area contributed by atoms with E-state index in [4.69, 9.17) is 4.74 Å². The lowest BCUT2D eigenvalue weighted by molar-refractivity contribution is 0.251. The first-order chi connectivity index (χ1) is 9.24. The number of para-hydroxylation sites is 1. The summed E-state index contributed by atoms with van der Waals surface area (Å²) in [5.74, 6) is 2.54. The van der Waals surface area contributed by atoms with Crippen LogP contribution in [0.25, 0.3) is 0 Å². The van der Waals surface area contributed by atoms with Crippen LogP contribution in [0.3, 0.4) is 0 Å². The zero-order valence-electron chi connectivity index (χ0n) is 12.5. The molecule has 1 aromatic carbocycles. The lowest BCUT2D eigenvalue weighted by Gasteiger charge is -2.30. The molecular formula is C17H27NO. The first-order valence-electron chi connectivity index (χ1n) is 7.63. The van der Waals surface area contributed by atoms with Crippen molar-refractivity contribution in [3.8, 4) is 5.75 Å². The van der Waals surface area contributed by atoms with E-state index in [-0.39, 0.29) is 0 Å². The summed E-state index contributed by atoms with van der Waals surface area (Å²) >= 11 is 0. The van der Waals surface area contributed by atoms with Crippen molar-refractivity contribution in [1.82, 2.24) is 5.32 Å². The highest BCUT2D eigenvalue weighted by Crippen LogP contribution is 2.36. The molecular weight excluding hydrogens is 234 g/mol. The predicted molar refractivity (Wildman–Crippen MR) is 80.8 cm³/mol. The molecule has 0 fully saturated rings. The number of fused-ring (bicyclic) bond motifs is 1. The van der Waals surface area contributed by atoms with E-state index < -0.39 is 0 Å². The number of ether oxygens (including phenoxy) is 1. The second-order valence-electron chi connectivity index (χ2n) is 5.84. The molecule has 2 heteroatoms. The minimum absolute atomic E-state index is 0.617. The minimum Gasteiger partial charge on any atom is -0.493 e. The van der Waals surface area contributed by atoms with Crippen LogP contribution in [0.15, 0.2) is 24.3 Å². The smallest absolute Gasteiger partial charge is 0.122 e. The fourth-order valence-electron chi connectivity index (χ4n) is 2.99. The second-order valence-corrected chi connectivity index (χ2v) is 5.84. The summed E-state index contributed by atoms with van der Waals surface area (Å²) < 4.78 is 5.75. The van der Waals surface area contributed by atoms with Crippen molar-refractivity contribution in [2.75, 3.05) is 13.7 Å². The SMILES string of the molecule is CCC(C)CC(CC1CCOc2ccccc21)NC. The number of nitrogens with one attached hydrogen (secondary N) is 1. The Kier molecular flexibility index (Phi) is 5.26. The van der Waals surface area contributed by atoms with Gasteiger partial charge in [-0.3, -0.25) is 0 Å². The van der Waals surface area contributed by atoms with Gasteiger partial charge in [-0.2, -0.15) is 0 Å². The third-order valence-electron chi connectivity index (χ3n) is 4.44. The van der Waals surface area contributed by atoms with Gasteiger partial charge in [-0.15, -0.1) is 0 Å². The number of rotatable bonds is 6. The van der Waals surface area contributed by atoms with E-state index in [1.807, 2.05) is 0 Å². The van der Waals surface area contributed by atoms with Gasteiger partial charge in [0.1, 0.15) is 5.75 Å². The van der Waals surface area contributed by atoms with E-state index in [9.17, 15) is 0 Å². The summed E-state index contributed by atoms with van der Waals surface area (Å²) in [7, 11) is 2.10. The van der Waals surface area contributed by atoms with Crippen molar-refractivity contribution in [3.63, 3.8) is 0 Å². The van der Waals surface area contributed by atoms with Crippen molar-refractivity contribution in [1.29, 1.82) is 0 Å². The molecule has 0 bridgehead atoms. The number of hydrogen-bond donors (Lipinski definition) is 1. The molecule has 0 amide bonds. The van der Waals surface area contributed by atoms with Crippen LogP contribution in [0.4, 0.5) is 0 Å². The van der Waals surface area contributed by atoms with Crippen LogP contribution >= 0.6 is 0 Å². The van der Waals surface area contributed by atoms with Gasteiger partial charge in [0.2, 0.25) is 0 Å². The normalized spacial score (nSPS) is 21.3. The molecule has 1 heterocycles. The Morgan fingerprint density at radius 1 is 1.37 bits per heavy atom. The Bertz CT molecular complexity index is 391. The quantitative estimate of drug-likeness (QED) is 0.836. The molecule has 0 radical (unpaired) electrons. The molecule has 3 unspecified atom stereocenters. The maximum atomic E-state index is 5.75. The fraction of sp³-hybridized carbons (Fsp3) is 0.647. The lowest BCUT2D eigenvalue weighted by atomic mass is 9.85. The van der Waals surface area contributed by atoms with Crippen LogP contribution in [-0.2, 0) is 0 Å². The highest BCUT2D eigenvalue weighted by molar-refractivity contribution is 5.37. The Hall–Kier alpha value is -1.02. The molecule has 0 aliphatic carbocycles. The van der Waals surface area contributed by atoms with Gasteiger partial charge in [-0.25, -0.2) is 0 Å². The zero-order valence-corrected chi connectivity index (χ0v) is 12.5. The van der Waals surface area contributed by atoms with Crippen LogP contribution in [0.1, 0.15) is 51.0 Å². The topological polar surface area (TPSA) is 21.3 Å². The largest absolute Gasteiger partial charge is 0.493 e. The van der Waals surface area contributed by atoms with Gasteiger partial charge in [-0.1, -0.05) is 38.5 Å². The predicted octanol–water partition coefficient (Wildman–Crippen LogP) is 3.97. The van der Waals surface area contributed by atoms with Crippen molar-refractivity contribution in [2.45, 2.75) is 51.5 Å². The van der Waals surface area contributed by atoms with Gasteiger partial charge in [0, 0.05) is 6.04 Å². The second kappa shape index (κ2) is 6.95. The molecule has 0 spiro atoms. The van der Waals surface area contributed by atoms with E-state index in [2.05, 4.69) is 50.5 Å². The van der Waals surface area contributed by atoms with Gasteiger partial charge in [0.05, 0.1) is 6.61 Å². The van der Waals surface area contributed by atoms with Gasteiger partial charge >= 0.3 is 0 Å². The average Bonchev–Trinajstić information content (AvgIpc) is 2.46. The van der Waals surface area contributed by atoms with Gasteiger partial charge in [0.25, 0.3) is 0 Å². The highest BCUT2D eigenvalue weighted by atomic mass is 16.5. The molecule has 2 rings (SSSR count). The van der Waals surface area contributed by atoms with Crippen LogP contribution < -0.4 is 10.1 Å². The van der Waals surface area contributed by atoms with E-state index >= 15 is 0 Å². The first kappa shape index (κ1) is 14.4. The van der Waals surface area contributed by atoms with Crippen molar-refractivity contribution in [2.24, 2.45) is 5.92 Å². The third kappa shape index (κ3) is 3.73. The maximum absolute atomic E-state index is 5.75. The number of benzene rings is 1. The fourth-order valence-corrected chi connectivity index (χ4v) is 2.99. The van der Waals surface area contributed by atoms with Gasteiger partial charge in [-0.05, 0) is 49.8 Å². The maximum Gasteiger partial charge on any atom is 0.122 e. The first-order valence-corrected chi connectivity index (χ1v) is 7.63. The van der Waals surface area contributed by atoms with E-state index in [0.717, 1.165) is 24.7 Å². The zero-order chi connectivity index (χ0) is 13.7. The number of hydrogen-bond acceptors (Lipinski definition) is 2. The van der Waals surface area contributed by atoms with E-state index in [1.165, 1.54) is 24.8 Å². The summed E-state index contributed by atoms with van der Waals surface area (Å²) in [6, 6.07) is 9.14.